The van der Waals surface area contributed by atoms with E-state index in [0.29, 0.717) is 11.6 Å². The van der Waals surface area contributed by atoms with E-state index in [1.54, 1.807) is 7.05 Å². The maximum atomic E-state index is 11.5. The van der Waals surface area contributed by atoms with Crippen molar-refractivity contribution in [1.29, 1.82) is 0 Å². The summed E-state index contributed by atoms with van der Waals surface area (Å²) >= 11 is 0. The number of nitrogens with one attached hydrogen (secondary N) is 2. The van der Waals surface area contributed by atoms with Crippen LogP contribution in [0, 0.1) is 0 Å². The zero-order valence-electron chi connectivity index (χ0n) is 13.6. The predicted octanol–water partition coefficient (Wildman–Crippen LogP) is 2.48. The second-order valence-electron chi connectivity index (χ2n) is 6.88. The zero-order valence-corrected chi connectivity index (χ0v) is 13.6. The van der Waals surface area contributed by atoms with Crippen molar-refractivity contribution in [3.8, 4) is 0 Å². The molecule has 4 heteroatoms. The lowest BCUT2D eigenvalue weighted by Gasteiger charge is -2.28. The maximum absolute atomic E-state index is 11.5. The molecule has 0 aliphatic carbocycles. The minimum atomic E-state index is -0.161. The second kappa shape index (κ2) is 5.78. The molecule has 0 spiro atoms. The van der Waals surface area contributed by atoms with Crippen molar-refractivity contribution >= 4 is 5.91 Å². The van der Waals surface area contributed by atoms with Crippen LogP contribution in [0.4, 0.5) is 0 Å². The van der Waals surface area contributed by atoms with Crippen LogP contribution < -0.4 is 10.6 Å². The first-order valence-corrected chi connectivity index (χ1v) is 7.48. The fourth-order valence-corrected chi connectivity index (χ4v) is 3.04. The lowest BCUT2D eigenvalue weighted by Crippen LogP contribution is -2.42. The number of carbonyl (C=O) groups excluding carboxylic acids is 1. The summed E-state index contributed by atoms with van der Waals surface area (Å²) in [6.45, 7) is 9.31. The standard InChI is InChI=1S/C17H26N2O2/c1-16(2)10-14(17(3,4)21-16)19-11-12-6-8-13(9-7-12)15(20)18-5/h6-9,14,19H,10-11H2,1-5H3,(H,18,20). The summed E-state index contributed by atoms with van der Waals surface area (Å²) in [5.41, 5.74) is 1.62. The van der Waals surface area contributed by atoms with Gasteiger partial charge in [0.1, 0.15) is 0 Å². The molecule has 2 N–H and O–H groups in total. The minimum Gasteiger partial charge on any atom is -0.368 e. The third-order valence-corrected chi connectivity index (χ3v) is 4.07. The topological polar surface area (TPSA) is 50.4 Å². The first-order valence-electron chi connectivity index (χ1n) is 7.48. The SMILES string of the molecule is CNC(=O)c1ccc(CNC2CC(C)(C)OC2(C)C)cc1. The number of amides is 1. The lowest BCUT2D eigenvalue weighted by atomic mass is 9.94. The largest absolute Gasteiger partial charge is 0.368 e. The molecular weight excluding hydrogens is 264 g/mol. The Hall–Kier alpha value is -1.39. The van der Waals surface area contributed by atoms with Crippen LogP contribution in [0.25, 0.3) is 0 Å². The number of hydrogen-bond donors (Lipinski definition) is 2. The van der Waals surface area contributed by atoms with Crippen molar-refractivity contribution in [1.82, 2.24) is 10.6 Å². The molecule has 21 heavy (non-hydrogen) atoms. The van der Waals surface area contributed by atoms with E-state index in [1.165, 1.54) is 5.56 Å². The fourth-order valence-electron chi connectivity index (χ4n) is 3.04. The van der Waals surface area contributed by atoms with Gasteiger partial charge in [-0.25, -0.2) is 0 Å². The van der Waals surface area contributed by atoms with E-state index >= 15 is 0 Å². The molecule has 1 unspecified atom stereocenters. The molecule has 1 aromatic carbocycles. The van der Waals surface area contributed by atoms with Gasteiger partial charge in [0.15, 0.2) is 0 Å². The zero-order chi connectivity index (χ0) is 15.7. The van der Waals surface area contributed by atoms with E-state index in [1.807, 2.05) is 24.3 Å². The Kier molecular flexibility index (Phi) is 4.40. The van der Waals surface area contributed by atoms with Gasteiger partial charge in [-0.05, 0) is 51.8 Å². The van der Waals surface area contributed by atoms with Gasteiger partial charge in [-0.1, -0.05) is 12.1 Å². The molecule has 1 atom stereocenters. The number of benzene rings is 1. The monoisotopic (exact) mass is 290 g/mol. The number of rotatable bonds is 4. The predicted molar refractivity (Wildman–Crippen MR) is 84.3 cm³/mol. The van der Waals surface area contributed by atoms with Gasteiger partial charge in [-0.3, -0.25) is 4.79 Å². The molecule has 1 aliphatic heterocycles. The average molecular weight is 290 g/mol. The molecular formula is C17H26N2O2. The molecule has 4 nitrogen and oxygen atoms in total. The van der Waals surface area contributed by atoms with Crippen molar-refractivity contribution in [2.75, 3.05) is 7.05 Å². The average Bonchev–Trinajstić information content (AvgIpc) is 2.63. The first-order chi connectivity index (χ1) is 9.73. The normalized spacial score (nSPS) is 23.0. The van der Waals surface area contributed by atoms with Gasteiger partial charge in [-0.2, -0.15) is 0 Å². The van der Waals surface area contributed by atoms with Crippen LogP contribution in [-0.2, 0) is 11.3 Å². The first kappa shape index (κ1) is 16.0. The summed E-state index contributed by atoms with van der Waals surface area (Å²) in [6, 6.07) is 8.02. The van der Waals surface area contributed by atoms with Crippen LogP contribution in [0.2, 0.25) is 0 Å². The number of hydrogen-bond acceptors (Lipinski definition) is 3. The second-order valence-corrected chi connectivity index (χ2v) is 6.88. The molecule has 2 rings (SSSR count). The van der Waals surface area contributed by atoms with Crippen molar-refractivity contribution in [3.63, 3.8) is 0 Å². The molecule has 0 saturated carbocycles. The Morgan fingerprint density at radius 3 is 2.33 bits per heavy atom. The van der Waals surface area contributed by atoms with E-state index in [-0.39, 0.29) is 17.1 Å². The molecule has 0 bridgehead atoms. The quantitative estimate of drug-likeness (QED) is 0.895. The summed E-state index contributed by atoms with van der Waals surface area (Å²) in [5, 5.41) is 6.21. The molecule has 1 aliphatic rings. The molecule has 116 valence electrons. The summed E-state index contributed by atoms with van der Waals surface area (Å²) in [5.74, 6) is -0.0541. The molecule has 1 amide bonds. The van der Waals surface area contributed by atoms with E-state index in [9.17, 15) is 4.79 Å². The van der Waals surface area contributed by atoms with Gasteiger partial charge in [0.05, 0.1) is 11.2 Å². The molecule has 0 aromatic heterocycles. The van der Waals surface area contributed by atoms with Crippen LogP contribution in [0.15, 0.2) is 24.3 Å². The highest BCUT2D eigenvalue weighted by Crippen LogP contribution is 2.37. The molecule has 1 aromatic rings. The van der Waals surface area contributed by atoms with Crippen molar-refractivity contribution in [3.05, 3.63) is 35.4 Å². The van der Waals surface area contributed by atoms with Crippen LogP contribution >= 0.6 is 0 Å². The molecule has 1 fully saturated rings. The Morgan fingerprint density at radius 2 is 1.86 bits per heavy atom. The van der Waals surface area contributed by atoms with Gasteiger partial charge in [0.25, 0.3) is 5.91 Å². The van der Waals surface area contributed by atoms with E-state index in [0.717, 1.165) is 13.0 Å². The fraction of sp³-hybridized carbons (Fsp3) is 0.588. The van der Waals surface area contributed by atoms with E-state index in [2.05, 4.69) is 38.3 Å². The Morgan fingerprint density at radius 1 is 1.24 bits per heavy atom. The van der Waals surface area contributed by atoms with Crippen molar-refractivity contribution < 1.29 is 9.53 Å². The van der Waals surface area contributed by atoms with E-state index < -0.39 is 0 Å². The van der Waals surface area contributed by atoms with Crippen LogP contribution in [0.5, 0.6) is 0 Å². The maximum Gasteiger partial charge on any atom is 0.251 e. The van der Waals surface area contributed by atoms with Gasteiger partial charge in [0, 0.05) is 25.2 Å². The third-order valence-electron chi connectivity index (χ3n) is 4.07. The highest BCUT2D eigenvalue weighted by Gasteiger charge is 2.45. The third kappa shape index (κ3) is 3.83. The smallest absolute Gasteiger partial charge is 0.251 e. The van der Waals surface area contributed by atoms with Gasteiger partial charge in [0.2, 0.25) is 0 Å². The molecule has 1 heterocycles. The molecule has 1 saturated heterocycles. The Bertz CT molecular complexity index is 506. The van der Waals surface area contributed by atoms with Gasteiger partial charge >= 0.3 is 0 Å². The number of carbonyl (C=O) groups is 1. The number of ether oxygens (including phenoxy) is 1. The summed E-state index contributed by atoms with van der Waals surface area (Å²) in [7, 11) is 1.64. The van der Waals surface area contributed by atoms with Crippen LogP contribution in [0.3, 0.4) is 0 Å². The highest BCUT2D eigenvalue weighted by atomic mass is 16.5. The Labute approximate surface area is 127 Å². The molecule has 0 radical (unpaired) electrons. The van der Waals surface area contributed by atoms with Crippen LogP contribution in [-0.4, -0.2) is 30.2 Å². The van der Waals surface area contributed by atoms with Crippen molar-refractivity contribution in [2.45, 2.75) is 57.9 Å². The minimum absolute atomic E-state index is 0.0541. The summed E-state index contributed by atoms with van der Waals surface area (Å²) in [4.78, 5) is 11.5. The van der Waals surface area contributed by atoms with E-state index in [4.69, 9.17) is 4.74 Å². The van der Waals surface area contributed by atoms with Crippen LogP contribution in [0.1, 0.15) is 50.0 Å². The van der Waals surface area contributed by atoms with Gasteiger partial charge in [-0.15, -0.1) is 0 Å². The van der Waals surface area contributed by atoms with Crippen molar-refractivity contribution in [2.24, 2.45) is 0 Å². The van der Waals surface area contributed by atoms with Gasteiger partial charge < -0.3 is 15.4 Å². The summed E-state index contributed by atoms with van der Waals surface area (Å²) in [6.07, 6.45) is 0.996. The lowest BCUT2D eigenvalue weighted by molar-refractivity contribution is -0.0699. The Balaban J connectivity index is 1.96. The highest BCUT2D eigenvalue weighted by molar-refractivity contribution is 5.93. The summed E-state index contributed by atoms with van der Waals surface area (Å²) < 4.78 is 6.09.